The van der Waals surface area contributed by atoms with Gasteiger partial charge in [0, 0.05) is 24.6 Å². The first-order chi connectivity index (χ1) is 8.56. The minimum Gasteiger partial charge on any atom is -0.354 e. The third-order valence-electron chi connectivity index (χ3n) is 2.78. The Labute approximate surface area is 115 Å². The van der Waals surface area contributed by atoms with Crippen LogP contribution in [0.2, 0.25) is 10.0 Å². The first kappa shape index (κ1) is 13.2. The minimum atomic E-state index is -0.213. The fourth-order valence-corrected chi connectivity index (χ4v) is 2.06. The lowest BCUT2D eigenvalue weighted by Crippen LogP contribution is -2.47. The van der Waals surface area contributed by atoms with Crippen LogP contribution in [0.1, 0.15) is 23.2 Å². The second kappa shape index (κ2) is 5.59. The molecule has 1 atom stereocenters. The molecule has 1 saturated heterocycles. The van der Waals surface area contributed by atoms with Crippen molar-refractivity contribution in [3.05, 3.63) is 33.8 Å². The van der Waals surface area contributed by atoms with E-state index >= 15 is 0 Å². The normalized spacial score (nSPS) is 19.2. The quantitative estimate of drug-likeness (QED) is 0.874. The van der Waals surface area contributed by atoms with Crippen LogP contribution < -0.4 is 10.6 Å². The lowest BCUT2D eigenvalue weighted by molar-refractivity contribution is -0.122. The standard InChI is InChI=1S/C12H12Cl2N2O2/c13-9-3-1-7(5-10(9)14)12(18)16-8-2-4-11(17)15-6-8/h1,3,5,8H,2,4,6H2,(H,15,17)(H,16,18). The highest BCUT2D eigenvalue weighted by atomic mass is 35.5. The summed E-state index contributed by atoms with van der Waals surface area (Å²) in [4.78, 5) is 22.9. The molecule has 1 aromatic rings. The van der Waals surface area contributed by atoms with Gasteiger partial charge in [-0.15, -0.1) is 0 Å². The number of carbonyl (C=O) groups is 2. The Morgan fingerprint density at radius 3 is 2.72 bits per heavy atom. The average molecular weight is 287 g/mol. The molecule has 2 rings (SSSR count). The molecule has 1 unspecified atom stereocenters. The molecule has 0 saturated carbocycles. The number of rotatable bonds is 2. The Balaban J connectivity index is 1.99. The zero-order valence-corrected chi connectivity index (χ0v) is 11.0. The van der Waals surface area contributed by atoms with Crippen LogP contribution in [0.5, 0.6) is 0 Å². The van der Waals surface area contributed by atoms with E-state index in [2.05, 4.69) is 10.6 Å². The van der Waals surface area contributed by atoms with Gasteiger partial charge in [-0.2, -0.15) is 0 Å². The number of carbonyl (C=O) groups excluding carboxylic acids is 2. The molecule has 0 bridgehead atoms. The summed E-state index contributed by atoms with van der Waals surface area (Å²) >= 11 is 11.6. The van der Waals surface area contributed by atoms with E-state index in [4.69, 9.17) is 23.2 Å². The molecule has 2 N–H and O–H groups in total. The van der Waals surface area contributed by atoms with Crippen molar-refractivity contribution in [2.75, 3.05) is 6.54 Å². The lowest BCUT2D eigenvalue weighted by atomic mass is 10.1. The molecule has 1 fully saturated rings. The summed E-state index contributed by atoms with van der Waals surface area (Å²) in [7, 11) is 0. The molecule has 1 aromatic carbocycles. The number of hydrogen-bond acceptors (Lipinski definition) is 2. The van der Waals surface area contributed by atoms with Crippen LogP contribution >= 0.6 is 23.2 Å². The largest absolute Gasteiger partial charge is 0.354 e. The Kier molecular flexibility index (Phi) is 4.09. The summed E-state index contributed by atoms with van der Waals surface area (Å²) in [6.07, 6.45) is 1.09. The monoisotopic (exact) mass is 286 g/mol. The molecular formula is C12H12Cl2N2O2. The van der Waals surface area contributed by atoms with Gasteiger partial charge >= 0.3 is 0 Å². The van der Waals surface area contributed by atoms with E-state index in [0.717, 1.165) is 0 Å². The second-order valence-corrected chi connectivity index (χ2v) is 4.96. The van der Waals surface area contributed by atoms with Gasteiger partial charge in [-0.3, -0.25) is 9.59 Å². The van der Waals surface area contributed by atoms with Crippen molar-refractivity contribution in [2.45, 2.75) is 18.9 Å². The fourth-order valence-electron chi connectivity index (χ4n) is 1.76. The van der Waals surface area contributed by atoms with Crippen molar-refractivity contribution in [2.24, 2.45) is 0 Å². The molecule has 18 heavy (non-hydrogen) atoms. The molecule has 4 nitrogen and oxygen atoms in total. The number of hydrogen-bond donors (Lipinski definition) is 2. The van der Waals surface area contributed by atoms with Crippen LogP contribution in [0.4, 0.5) is 0 Å². The van der Waals surface area contributed by atoms with Gasteiger partial charge in [0.25, 0.3) is 5.91 Å². The number of nitrogens with one attached hydrogen (secondary N) is 2. The van der Waals surface area contributed by atoms with E-state index in [1.54, 1.807) is 12.1 Å². The predicted molar refractivity (Wildman–Crippen MR) is 70.0 cm³/mol. The van der Waals surface area contributed by atoms with Crippen LogP contribution in [0, 0.1) is 0 Å². The highest BCUT2D eigenvalue weighted by Gasteiger charge is 2.20. The Bertz CT molecular complexity index is 481. The summed E-state index contributed by atoms with van der Waals surface area (Å²) in [5.41, 5.74) is 0.460. The number of halogens is 2. The van der Waals surface area contributed by atoms with Crippen molar-refractivity contribution in [1.82, 2.24) is 10.6 Å². The molecule has 0 spiro atoms. The zero-order valence-electron chi connectivity index (χ0n) is 9.50. The smallest absolute Gasteiger partial charge is 0.251 e. The van der Waals surface area contributed by atoms with Crippen molar-refractivity contribution < 1.29 is 9.59 Å². The molecule has 1 aliphatic heterocycles. The maximum absolute atomic E-state index is 11.9. The van der Waals surface area contributed by atoms with E-state index in [1.807, 2.05) is 0 Å². The molecule has 6 heteroatoms. The zero-order chi connectivity index (χ0) is 13.1. The predicted octanol–water partition coefficient (Wildman–Crippen LogP) is 2.00. The molecular weight excluding hydrogens is 275 g/mol. The van der Waals surface area contributed by atoms with Gasteiger partial charge in [-0.1, -0.05) is 23.2 Å². The van der Waals surface area contributed by atoms with Gasteiger partial charge < -0.3 is 10.6 Å². The summed E-state index contributed by atoms with van der Waals surface area (Å²) in [6, 6.07) is 4.69. The molecule has 2 amide bonds. The van der Waals surface area contributed by atoms with Crippen LogP contribution in [-0.2, 0) is 4.79 Å². The second-order valence-electron chi connectivity index (χ2n) is 4.14. The SMILES string of the molecule is O=C1CCC(NC(=O)c2ccc(Cl)c(Cl)c2)CN1. The Hall–Kier alpha value is -1.26. The van der Waals surface area contributed by atoms with Crippen molar-refractivity contribution in [1.29, 1.82) is 0 Å². The van der Waals surface area contributed by atoms with Crippen LogP contribution in [0.15, 0.2) is 18.2 Å². The maximum atomic E-state index is 11.9. The topological polar surface area (TPSA) is 58.2 Å². The van der Waals surface area contributed by atoms with E-state index < -0.39 is 0 Å². The highest BCUT2D eigenvalue weighted by Crippen LogP contribution is 2.22. The van der Waals surface area contributed by atoms with E-state index in [1.165, 1.54) is 6.07 Å². The molecule has 1 aliphatic rings. The Morgan fingerprint density at radius 1 is 1.33 bits per heavy atom. The Morgan fingerprint density at radius 2 is 2.11 bits per heavy atom. The van der Waals surface area contributed by atoms with Gasteiger partial charge in [0.1, 0.15) is 0 Å². The molecule has 0 radical (unpaired) electrons. The summed E-state index contributed by atoms with van der Waals surface area (Å²) in [5, 5.41) is 6.32. The van der Waals surface area contributed by atoms with Crippen molar-refractivity contribution in [3.8, 4) is 0 Å². The fraction of sp³-hybridized carbons (Fsp3) is 0.333. The van der Waals surface area contributed by atoms with Crippen LogP contribution in [-0.4, -0.2) is 24.4 Å². The maximum Gasteiger partial charge on any atom is 0.251 e. The number of benzene rings is 1. The third-order valence-corrected chi connectivity index (χ3v) is 3.52. The molecule has 1 heterocycles. The number of piperidine rings is 1. The molecule has 96 valence electrons. The lowest BCUT2D eigenvalue weighted by Gasteiger charge is -2.23. The minimum absolute atomic E-state index is 0.0232. The third kappa shape index (κ3) is 3.15. The van der Waals surface area contributed by atoms with Gasteiger partial charge in [0.05, 0.1) is 10.0 Å². The first-order valence-corrected chi connectivity index (χ1v) is 6.34. The molecule has 0 aromatic heterocycles. The van der Waals surface area contributed by atoms with E-state index in [-0.39, 0.29) is 17.9 Å². The number of amides is 2. The van der Waals surface area contributed by atoms with Crippen molar-refractivity contribution >= 4 is 35.0 Å². The van der Waals surface area contributed by atoms with Crippen LogP contribution in [0.3, 0.4) is 0 Å². The summed E-state index contributed by atoms with van der Waals surface area (Å²) in [6.45, 7) is 0.464. The molecule has 0 aliphatic carbocycles. The van der Waals surface area contributed by atoms with Gasteiger partial charge in [-0.25, -0.2) is 0 Å². The van der Waals surface area contributed by atoms with Crippen molar-refractivity contribution in [3.63, 3.8) is 0 Å². The summed E-state index contributed by atoms with van der Waals surface area (Å²) < 4.78 is 0. The average Bonchev–Trinajstić information content (AvgIpc) is 2.35. The highest BCUT2D eigenvalue weighted by molar-refractivity contribution is 6.42. The van der Waals surface area contributed by atoms with E-state index in [0.29, 0.717) is 35.0 Å². The first-order valence-electron chi connectivity index (χ1n) is 5.59. The van der Waals surface area contributed by atoms with E-state index in [9.17, 15) is 9.59 Å². The van der Waals surface area contributed by atoms with Gasteiger partial charge in [0.15, 0.2) is 0 Å². The van der Waals surface area contributed by atoms with Gasteiger partial charge in [0.2, 0.25) is 5.91 Å². The van der Waals surface area contributed by atoms with Crippen LogP contribution in [0.25, 0.3) is 0 Å². The summed E-state index contributed by atoms with van der Waals surface area (Å²) in [5.74, 6) is -0.190. The van der Waals surface area contributed by atoms with Gasteiger partial charge in [-0.05, 0) is 24.6 Å².